The lowest BCUT2D eigenvalue weighted by molar-refractivity contribution is 0.849. The van der Waals surface area contributed by atoms with Crippen molar-refractivity contribution in [2.45, 2.75) is 25.7 Å². The second-order valence-corrected chi connectivity index (χ2v) is 7.44. The fraction of sp³-hybridized carbons (Fsp3) is 0.231. The molecule has 0 aliphatic rings. The maximum absolute atomic E-state index is 4.76. The first kappa shape index (κ1) is 19.9. The molecule has 0 aliphatic heterocycles. The van der Waals surface area contributed by atoms with Gasteiger partial charge in [0.1, 0.15) is 5.82 Å². The van der Waals surface area contributed by atoms with Crippen molar-refractivity contribution in [2.75, 3.05) is 23.7 Å². The smallest absolute Gasteiger partial charge is 0.225 e. The molecule has 0 aliphatic carbocycles. The third kappa shape index (κ3) is 5.57. The predicted molar refractivity (Wildman–Crippen MR) is 126 cm³/mol. The van der Waals surface area contributed by atoms with E-state index in [1.165, 1.54) is 11.1 Å². The maximum atomic E-state index is 4.76. The molecule has 4 aromatic rings. The number of rotatable bonds is 10. The number of benzene rings is 3. The van der Waals surface area contributed by atoms with Gasteiger partial charge in [-0.15, -0.1) is 0 Å². The number of para-hydroxylation sites is 1. The summed E-state index contributed by atoms with van der Waals surface area (Å²) in [5.41, 5.74) is 3.69. The Labute approximate surface area is 178 Å². The van der Waals surface area contributed by atoms with Crippen LogP contribution in [0, 0.1) is 0 Å². The Hall–Kier alpha value is -3.40. The van der Waals surface area contributed by atoms with Crippen molar-refractivity contribution in [3.8, 4) is 0 Å². The highest BCUT2D eigenvalue weighted by molar-refractivity contribution is 5.90. The van der Waals surface area contributed by atoms with Gasteiger partial charge < -0.3 is 10.6 Å². The lowest BCUT2D eigenvalue weighted by Crippen LogP contribution is -2.10. The Morgan fingerprint density at radius 2 is 1.13 bits per heavy atom. The number of aryl methyl sites for hydroxylation is 2. The molecule has 4 heteroatoms. The highest BCUT2D eigenvalue weighted by atomic mass is 15.1. The summed E-state index contributed by atoms with van der Waals surface area (Å²) in [7, 11) is 0. The predicted octanol–water partition coefficient (Wildman–Crippen LogP) is 5.72. The Bertz CT molecular complexity index is 1050. The zero-order valence-electron chi connectivity index (χ0n) is 17.2. The summed E-state index contributed by atoms with van der Waals surface area (Å²) < 4.78 is 0. The average Bonchev–Trinajstić information content (AvgIpc) is 2.81. The Kier molecular flexibility index (Phi) is 6.90. The van der Waals surface area contributed by atoms with E-state index in [2.05, 4.69) is 77.4 Å². The quantitative estimate of drug-likeness (QED) is 0.337. The van der Waals surface area contributed by atoms with Gasteiger partial charge in [0.2, 0.25) is 5.95 Å². The van der Waals surface area contributed by atoms with Crippen LogP contribution in [0.5, 0.6) is 0 Å². The zero-order valence-corrected chi connectivity index (χ0v) is 17.2. The largest absolute Gasteiger partial charge is 0.369 e. The van der Waals surface area contributed by atoms with Crippen molar-refractivity contribution in [3.05, 3.63) is 96.1 Å². The van der Waals surface area contributed by atoms with Gasteiger partial charge in [0.05, 0.1) is 5.52 Å². The van der Waals surface area contributed by atoms with Crippen molar-refractivity contribution in [2.24, 2.45) is 0 Å². The first-order valence-electron chi connectivity index (χ1n) is 10.7. The van der Waals surface area contributed by atoms with Crippen molar-refractivity contribution in [1.82, 2.24) is 9.97 Å². The lowest BCUT2D eigenvalue weighted by atomic mass is 10.1. The molecule has 0 atom stereocenters. The van der Waals surface area contributed by atoms with Crippen LogP contribution in [-0.4, -0.2) is 23.1 Å². The van der Waals surface area contributed by atoms with Gasteiger partial charge in [-0.1, -0.05) is 72.8 Å². The van der Waals surface area contributed by atoms with Crippen molar-refractivity contribution < 1.29 is 0 Å². The highest BCUT2D eigenvalue weighted by Gasteiger charge is 2.07. The molecular weight excluding hydrogens is 368 g/mol. The van der Waals surface area contributed by atoms with Gasteiger partial charge in [-0.3, -0.25) is 0 Å². The summed E-state index contributed by atoms with van der Waals surface area (Å²) >= 11 is 0. The first-order valence-corrected chi connectivity index (χ1v) is 10.7. The third-order valence-electron chi connectivity index (χ3n) is 5.15. The third-order valence-corrected chi connectivity index (χ3v) is 5.15. The fourth-order valence-corrected chi connectivity index (χ4v) is 3.57. The SMILES string of the molecule is c1ccc(CCCNc2nc(NCCCc3ccccc3)c3ccccc3n2)cc1. The van der Waals surface area contributed by atoms with Gasteiger partial charge in [-0.2, -0.15) is 4.98 Å². The van der Waals surface area contributed by atoms with Gasteiger partial charge in [-0.05, 0) is 48.9 Å². The van der Waals surface area contributed by atoms with E-state index in [4.69, 9.17) is 9.97 Å². The molecule has 0 radical (unpaired) electrons. The van der Waals surface area contributed by atoms with Crippen LogP contribution in [0.15, 0.2) is 84.9 Å². The van der Waals surface area contributed by atoms with E-state index in [9.17, 15) is 0 Å². The van der Waals surface area contributed by atoms with E-state index in [1.807, 2.05) is 18.2 Å². The molecule has 3 aromatic carbocycles. The molecule has 0 bridgehead atoms. The van der Waals surface area contributed by atoms with Crippen LogP contribution in [0.1, 0.15) is 24.0 Å². The number of nitrogens with zero attached hydrogens (tertiary/aromatic N) is 2. The van der Waals surface area contributed by atoms with Crippen LogP contribution in [0.3, 0.4) is 0 Å². The maximum Gasteiger partial charge on any atom is 0.225 e. The molecule has 0 saturated heterocycles. The van der Waals surface area contributed by atoms with Crippen LogP contribution in [0.2, 0.25) is 0 Å². The number of hydrogen-bond donors (Lipinski definition) is 2. The molecule has 0 fully saturated rings. The van der Waals surface area contributed by atoms with Crippen LogP contribution in [-0.2, 0) is 12.8 Å². The molecule has 1 heterocycles. The minimum absolute atomic E-state index is 0.687. The average molecular weight is 397 g/mol. The van der Waals surface area contributed by atoms with Gasteiger partial charge in [-0.25, -0.2) is 4.98 Å². The Morgan fingerprint density at radius 3 is 1.80 bits per heavy atom. The number of nitrogens with one attached hydrogen (secondary N) is 2. The molecule has 30 heavy (non-hydrogen) atoms. The summed E-state index contributed by atoms with van der Waals surface area (Å²) in [6, 6.07) is 29.4. The highest BCUT2D eigenvalue weighted by Crippen LogP contribution is 2.22. The van der Waals surface area contributed by atoms with Crippen molar-refractivity contribution in [3.63, 3.8) is 0 Å². The summed E-state index contributed by atoms with van der Waals surface area (Å²) in [5, 5.41) is 7.99. The van der Waals surface area contributed by atoms with Crippen LogP contribution < -0.4 is 10.6 Å². The van der Waals surface area contributed by atoms with Gasteiger partial charge in [0.25, 0.3) is 0 Å². The second kappa shape index (κ2) is 10.4. The zero-order chi connectivity index (χ0) is 20.4. The molecule has 0 saturated carbocycles. The molecule has 152 valence electrons. The molecular formula is C26H28N4. The van der Waals surface area contributed by atoms with Crippen LogP contribution in [0.25, 0.3) is 10.9 Å². The molecule has 2 N–H and O–H groups in total. The monoisotopic (exact) mass is 396 g/mol. The number of hydrogen-bond acceptors (Lipinski definition) is 4. The number of anilines is 2. The van der Waals surface area contributed by atoms with E-state index < -0.39 is 0 Å². The van der Waals surface area contributed by atoms with Crippen molar-refractivity contribution in [1.29, 1.82) is 0 Å². The summed E-state index contributed by atoms with van der Waals surface area (Å²) in [4.78, 5) is 9.45. The Balaban J connectivity index is 1.35. The fourth-order valence-electron chi connectivity index (χ4n) is 3.57. The molecule has 4 nitrogen and oxygen atoms in total. The molecule has 4 rings (SSSR count). The Morgan fingerprint density at radius 1 is 0.567 bits per heavy atom. The van der Waals surface area contributed by atoms with Crippen LogP contribution >= 0.6 is 0 Å². The normalized spacial score (nSPS) is 10.8. The van der Waals surface area contributed by atoms with Gasteiger partial charge in [0, 0.05) is 18.5 Å². The molecule has 0 unspecified atom stereocenters. The van der Waals surface area contributed by atoms with E-state index in [-0.39, 0.29) is 0 Å². The minimum Gasteiger partial charge on any atom is -0.369 e. The topological polar surface area (TPSA) is 49.8 Å². The summed E-state index contributed by atoms with van der Waals surface area (Å²) in [6.07, 6.45) is 4.20. The van der Waals surface area contributed by atoms with E-state index in [1.54, 1.807) is 0 Å². The van der Waals surface area contributed by atoms with Crippen LogP contribution in [0.4, 0.5) is 11.8 Å². The van der Waals surface area contributed by atoms with E-state index >= 15 is 0 Å². The van der Waals surface area contributed by atoms with Gasteiger partial charge in [0.15, 0.2) is 0 Å². The molecule has 0 spiro atoms. The van der Waals surface area contributed by atoms with E-state index in [0.29, 0.717) is 5.95 Å². The first-order chi connectivity index (χ1) is 14.9. The molecule has 0 amide bonds. The minimum atomic E-state index is 0.687. The number of aromatic nitrogens is 2. The molecule has 1 aromatic heterocycles. The lowest BCUT2D eigenvalue weighted by Gasteiger charge is -2.12. The second-order valence-electron chi connectivity index (χ2n) is 7.44. The number of fused-ring (bicyclic) bond motifs is 1. The summed E-state index contributed by atoms with van der Waals surface area (Å²) in [5.74, 6) is 1.59. The standard InChI is InChI=1S/C26H28N4/c1-3-11-21(12-4-1)15-9-19-27-25-23-17-7-8-18-24(23)29-26(30-25)28-20-10-16-22-13-5-2-6-14-22/h1-8,11-14,17-18H,9-10,15-16,19-20H2,(H2,27,28,29,30). The van der Waals surface area contributed by atoms with Crippen molar-refractivity contribution >= 4 is 22.7 Å². The van der Waals surface area contributed by atoms with E-state index in [0.717, 1.165) is 55.5 Å². The summed E-state index contributed by atoms with van der Waals surface area (Å²) in [6.45, 7) is 1.73. The van der Waals surface area contributed by atoms with Gasteiger partial charge >= 0.3 is 0 Å².